The number of hydrogen-bond donors (Lipinski definition) is 1. The van der Waals surface area contributed by atoms with Crippen molar-refractivity contribution in [1.82, 2.24) is 9.80 Å². The number of β-amino-alcohol motifs (C(OH)–C–C–N with tert-alkyl or cyclic N) is 1. The smallest absolute Gasteiger partial charge is 0.123 e. The molecule has 0 amide bonds. The van der Waals surface area contributed by atoms with E-state index in [2.05, 4.69) is 45.9 Å². The lowest BCUT2D eigenvalue weighted by molar-refractivity contribution is 0.168. The van der Waals surface area contributed by atoms with Gasteiger partial charge in [-0.3, -0.25) is 4.90 Å². The zero-order valence-electron chi connectivity index (χ0n) is 12.3. The molecule has 1 aromatic carbocycles. The second kappa shape index (κ2) is 6.89. The number of rotatable bonds is 5. The second-order valence-corrected chi connectivity index (χ2v) is 6.61. The van der Waals surface area contributed by atoms with Gasteiger partial charge >= 0.3 is 0 Å². The summed E-state index contributed by atoms with van der Waals surface area (Å²) in [7, 11) is 5.84. The van der Waals surface area contributed by atoms with E-state index in [4.69, 9.17) is 4.74 Å². The van der Waals surface area contributed by atoms with Crippen molar-refractivity contribution in [2.24, 2.45) is 0 Å². The van der Waals surface area contributed by atoms with Crippen LogP contribution in [0.4, 0.5) is 0 Å². The molecule has 0 radical (unpaired) electrons. The van der Waals surface area contributed by atoms with Crippen LogP contribution in [0.25, 0.3) is 0 Å². The van der Waals surface area contributed by atoms with Crippen LogP contribution in [0.3, 0.4) is 0 Å². The fourth-order valence-corrected chi connectivity index (χ4v) is 3.26. The maximum absolute atomic E-state index is 9.94. The van der Waals surface area contributed by atoms with E-state index in [1.165, 1.54) is 0 Å². The predicted octanol–water partition coefficient (Wildman–Crippen LogP) is 1.95. The van der Waals surface area contributed by atoms with Gasteiger partial charge in [0.25, 0.3) is 0 Å². The summed E-state index contributed by atoms with van der Waals surface area (Å²) in [6.07, 6.45) is 0.618. The number of likely N-dealkylation sites (N-methyl/N-ethyl adjacent to an activating group) is 1. The number of hydrogen-bond acceptors (Lipinski definition) is 4. The first-order chi connectivity index (χ1) is 9.49. The van der Waals surface area contributed by atoms with E-state index in [0.29, 0.717) is 6.04 Å². The zero-order chi connectivity index (χ0) is 14.7. The number of halogens is 1. The van der Waals surface area contributed by atoms with Gasteiger partial charge in [0.05, 0.1) is 13.2 Å². The van der Waals surface area contributed by atoms with Crippen molar-refractivity contribution in [2.45, 2.75) is 25.1 Å². The van der Waals surface area contributed by atoms with Gasteiger partial charge in [0.1, 0.15) is 5.75 Å². The zero-order valence-corrected chi connectivity index (χ0v) is 13.9. The third kappa shape index (κ3) is 3.95. The Hall–Kier alpha value is -0.620. The molecule has 0 aliphatic carbocycles. The highest BCUT2D eigenvalue weighted by Crippen LogP contribution is 2.28. The normalized spacial score (nSPS) is 23.5. The van der Waals surface area contributed by atoms with Gasteiger partial charge in [0.2, 0.25) is 0 Å². The van der Waals surface area contributed by atoms with Crippen molar-refractivity contribution in [3.05, 3.63) is 28.2 Å². The van der Waals surface area contributed by atoms with Gasteiger partial charge in [0, 0.05) is 35.7 Å². The standard InChI is InChI=1S/C15H23BrN2O2/c1-17(2)9-13-7-14(19)10-18(13)8-11-6-12(16)4-5-15(11)20-3/h4-6,13-14,19H,7-10H2,1-3H3. The number of aliphatic hydroxyl groups excluding tert-OH is 1. The maximum atomic E-state index is 9.94. The van der Waals surface area contributed by atoms with Gasteiger partial charge in [-0.2, -0.15) is 0 Å². The summed E-state index contributed by atoms with van der Waals surface area (Å²) in [6, 6.07) is 6.45. The minimum atomic E-state index is -0.224. The Morgan fingerprint density at radius 3 is 2.85 bits per heavy atom. The van der Waals surface area contributed by atoms with Crippen LogP contribution in [-0.4, -0.2) is 61.3 Å². The minimum absolute atomic E-state index is 0.224. The van der Waals surface area contributed by atoms with Crippen LogP contribution in [-0.2, 0) is 6.54 Å². The number of likely N-dealkylation sites (tertiary alicyclic amines) is 1. The fraction of sp³-hybridized carbons (Fsp3) is 0.600. The molecule has 4 nitrogen and oxygen atoms in total. The van der Waals surface area contributed by atoms with E-state index in [9.17, 15) is 5.11 Å². The van der Waals surface area contributed by atoms with Crippen LogP contribution >= 0.6 is 15.9 Å². The SMILES string of the molecule is COc1ccc(Br)cc1CN1CC(O)CC1CN(C)C. The molecular formula is C15H23BrN2O2. The van der Waals surface area contributed by atoms with Crippen molar-refractivity contribution in [2.75, 3.05) is 34.3 Å². The predicted molar refractivity (Wildman–Crippen MR) is 84.1 cm³/mol. The van der Waals surface area contributed by atoms with E-state index < -0.39 is 0 Å². The van der Waals surface area contributed by atoms with Gasteiger partial charge in [-0.05, 0) is 38.7 Å². The third-order valence-electron chi connectivity index (χ3n) is 3.70. The molecule has 0 saturated carbocycles. The Kier molecular flexibility index (Phi) is 5.43. The van der Waals surface area contributed by atoms with Crippen molar-refractivity contribution >= 4 is 15.9 Å². The van der Waals surface area contributed by atoms with Crippen LogP contribution in [0, 0.1) is 0 Å². The molecule has 1 saturated heterocycles. The molecule has 0 spiro atoms. The molecule has 1 aliphatic heterocycles. The topological polar surface area (TPSA) is 35.9 Å². The molecule has 2 atom stereocenters. The van der Waals surface area contributed by atoms with Crippen LogP contribution in [0.2, 0.25) is 0 Å². The number of methoxy groups -OCH3 is 1. The molecule has 1 heterocycles. The van der Waals surface area contributed by atoms with Crippen LogP contribution in [0.15, 0.2) is 22.7 Å². The fourth-order valence-electron chi connectivity index (χ4n) is 2.85. The van der Waals surface area contributed by atoms with Gasteiger partial charge in [-0.15, -0.1) is 0 Å². The molecule has 1 aromatic rings. The average molecular weight is 343 g/mol. The quantitative estimate of drug-likeness (QED) is 0.887. The summed E-state index contributed by atoms with van der Waals surface area (Å²) in [5.41, 5.74) is 1.15. The molecule has 1 N–H and O–H groups in total. The Bertz CT molecular complexity index is 453. The Morgan fingerprint density at radius 2 is 2.20 bits per heavy atom. The molecule has 0 bridgehead atoms. The number of ether oxygens (including phenoxy) is 1. The van der Waals surface area contributed by atoms with E-state index in [0.717, 1.165) is 41.8 Å². The van der Waals surface area contributed by atoms with Crippen LogP contribution in [0.1, 0.15) is 12.0 Å². The van der Waals surface area contributed by atoms with E-state index >= 15 is 0 Å². The number of nitrogens with zero attached hydrogens (tertiary/aromatic N) is 2. The first-order valence-electron chi connectivity index (χ1n) is 6.89. The molecule has 1 aliphatic rings. The molecule has 1 fully saturated rings. The van der Waals surface area contributed by atoms with Crippen LogP contribution in [0.5, 0.6) is 5.75 Å². The molecule has 2 unspecified atom stereocenters. The molecular weight excluding hydrogens is 320 g/mol. The summed E-state index contributed by atoms with van der Waals surface area (Å²) in [6.45, 7) is 2.50. The first kappa shape index (κ1) is 15.8. The highest BCUT2D eigenvalue weighted by Gasteiger charge is 2.31. The Labute approximate surface area is 129 Å². The largest absolute Gasteiger partial charge is 0.496 e. The third-order valence-corrected chi connectivity index (χ3v) is 4.19. The van der Waals surface area contributed by atoms with Crippen molar-refractivity contribution in [3.63, 3.8) is 0 Å². The summed E-state index contributed by atoms with van der Waals surface area (Å²) in [4.78, 5) is 4.52. The first-order valence-corrected chi connectivity index (χ1v) is 7.68. The molecule has 112 valence electrons. The lowest BCUT2D eigenvalue weighted by Gasteiger charge is -2.27. The highest BCUT2D eigenvalue weighted by molar-refractivity contribution is 9.10. The number of aliphatic hydroxyl groups is 1. The Balaban J connectivity index is 2.13. The minimum Gasteiger partial charge on any atom is -0.496 e. The van der Waals surface area contributed by atoms with E-state index in [-0.39, 0.29) is 6.10 Å². The lowest BCUT2D eigenvalue weighted by atomic mass is 10.1. The lowest BCUT2D eigenvalue weighted by Crippen LogP contribution is -2.37. The van der Waals surface area contributed by atoms with Gasteiger partial charge in [-0.25, -0.2) is 0 Å². The molecule has 20 heavy (non-hydrogen) atoms. The van der Waals surface area contributed by atoms with Gasteiger partial charge in [0.15, 0.2) is 0 Å². The average Bonchev–Trinajstić information content (AvgIpc) is 2.69. The summed E-state index contributed by atoms with van der Waals surface area (Å²) >= 11 is 3.51. The van der Waals surface area contributed by atoms with E-state index in [1.54, 1.807) is 7.11 Å². The van der Waals surface area contributed by atoms with Gasteiger partial charge < -0.3 is 14.7 Å². The molecule has 5 heteroatoms. The van der Waals surface area contributed by atoms with Crippen LogP contribution < -0.4 is 4.74 Å². The maximum Gasteiger partial charge on any atom is 0.123 e. The number of benzene rings is 1. The van der Waals surface area contributed by atoms with Crippen molar-refractivity contribution < 1.29 is 9.84 Å². The Morgan fingerprint density at radius 1 is 1.45 bits per heavy atom. The van der Waals surface area contributed by atoms with Crippen molar-refractivity contribution in [1.29, 1.82) is 0 Å². The van der Waals surface area contributed by atoms with Gasteiger partial charge in [-0.1, -0.05) is 15.9 Å². The molecule has 0 aromatic heterocycles. The summed E-state index contributed by atoms with van der Waals surface area (Å²) in [5.74, 6) is 0.901. The van der Waals surface area contributed by atoms with Crippen molar-refractivity contribution in [3.8, 4) is 5.75 Å². The highest BCUT2D eigenvalue weighted by atomic mass is 79.9. The monoisotopic (exact) mass is 342 g/mol. The summed E-state index contributed by atoms with van der Waals surface area (Å²) in [5, 5.41) is 9.94. The summed E-state index contributed by atoms with van der Waals surface area (Å²) < 4.78 is 6.49. The molecule has 2 rings (SSSR count). The van der Waals surface area contributed by atoms with E-state index in [1.807, 2.05) is 12.1 Å². The second-order valence-electron chi connectivity index (χ2n) is 5.69.